The van der Waals surface area contributed by atoms with Gasteiger partial charge in [0.1, 0.15) is 0 Å². The van der Waals surface area contributed by atoms with Crippen molar-refractivity contribution in [3.63, 3.8) is 0 Å². The molecule has 3 rings (SSSR count). The lowest BCUT2D eigenvalue weighted by Crippen LogP contribution is -2.04. The lowest BCUT2D eigenvalue weighted by molar-refractivity contribution is 0.920. The summed E-state index contributed by atoms with van der Waals surface area (Å²) < 4.78 is 0. The van der Waals surface area contributed by atoms with Crippen LogP contribution in [0.5, 0.6) is 0 Å². The minimum atomic E-state index is 0.360. The van der Waals surface area contributed by atoms with Gasteiger partial charge in [0.25, 0.3) is 0 Å². The summed E-state index contributed by atoms with van der Waals surface area (Å²) in [6.07, 6.45) is 9.27. The third kappa shape index (κ3) is 2.68. The number of hydrogen-bond donors (Lipinski definition) is 0. The molecule has 0 heterocycles. The summed E-state index contributed by atoms with van der Waals surface area (Å²) in [6.45, 7) is 0. The van der Waals surface area contributed by atoms with E-state index < -0.39 is 0 Å². The zero-order valence-electron chi connectivity index (χ0n) is 11.0. The van der Waals surface area contributed by atoms with Crippen LogP contribution in [0, 0.1) is 0 Å². The molecule has 0 saturated heterocycles. The number of rotatable bonds is 3. The van der Waals surface area contributed by atoms with Crippen molar-refractivity contribution < 1.29 is 0 Å². The van der Waals surface area contributed by atoms with Crippen LogP contribution in [-0.4, -0.2) is 0 Å². The lowest BCUT2D eigenvalue weighted by Gasteiger charge is -2.21. The predicted octanol–water partition coefficient (Wildman–Crippen LogP) is 5.09. The Kier molecular flexibility index (Phi) is 3.60. The fourth-order valence-electron chi connectivity index (χ4n) is 2.72. The van der Waals surface area contributed by atoms with E-state index in [0.717, 1.165) is 6.42 Å². The third-order valence-electron chi connectivity index (χ3n) is 3.62. The molecule has 0 aliphatic heterocycles. The average molecular weight is 246 g/mol. The minimum Gasteiger partial charge on any atom is -0.0839 e. The molecule has 2 aromatic carbocycles. The van der Waals surface area contributed by atoms with E-state index in [1.165, 1.54) is 23.1 Å². The number of hydrogen-bond acceptors (Lipinski definition) is 0. The van der Waals surface area contributed by atoms with E-state index in [2.05, 4.69) is 78.9 Å². The fourth-order valence-corrected chi connectivity index (χ4v) is 2.72. The van der Waals surface area contributed by atoms with E-state index in [1.54, 1.807) is 0 Å². The topological polar surface area (TPSA) is 0 Å². The van der Waals surface area contributed by atoms with Gasteiger partial charge in [-0.1, -0.05) is 78.9 Å². The smallest absolute Gasteiger partial charge is 0.0336 e. The molecule has 0 fully saturated rings. The van der Waals surface area contributed by atoms with Gasteiger partial charge in [0.15, 0.2) is 0 Å². The molecule has 1 aliphatic rings. The van der Waals surface area contributed by atoms with Crippen LogP contribution in [-0.2, 0) is 0 Å². The SMILES string of the molecule is C1=CC(C(c2ccccc2)c2ccccc2)=CCC1. The second kappa shape index (κ2) is 5.71. The maximum atomic E-state index is 2.38. The molecule has 0 bridgehead atoms. The van der Waals surface area contributed by atoms with Crippen molar-refractivity contribution >= 4 is 0 Å². The summed E-state index contributed by atoms with van der Waals surface area (Å²) in [4.78, 5) is 0. The second-order valence-electron chi connectivity index (χ2n) is 4.94. The van der Waals surface area contributed by atoms with Crippen LogP contribution in [0.3, 0.4) is 0 Å². The standard InChI is InChI=1S/C19H18/c1-4-10-16(11-5-1)19(17-12-6-2-7-13-17)18-14-8-3-9-15-18/h1-2,4-8,10-15,19H,3,9H2. The number of benzene rings is 2. The highest BCUT2D eigenvalue weighted by Crippen LogP contribution is 2.34. The summed E-state index contributed by atoms with van der Waals surface area (Å²) in [5, 5.41) is 0. The third-order valence-corrected chi connectivity index (χ3v) is 3.62. The molecule has 0 nitrogen and oxygen atoms in total. The zero-order valence-corrected chi connectivity index (χ0v) is 11.0. The Hall–Kier alpha value is -2.08. The molecule has 1 aliphatic carbocycles. The van der Waals surface area contributed by atoms with Crippen molar-refractivity contribution in [2.24, 2.45) is 0 Å². The normalized spacial score (nSPS) is 14.5. The average Bonchev–Trinajstić information content (AvgIpc) is 2.51. The van der Waals surface area contributed by atoms with Gasteiger partial charge in [0.05, 0.1) is 0 Å². The summed E-state index contributed by atoms with van der Waals surface area (Å²) in [6, 6.07) is 21.5. The van der Waals surface area contributed by atoms with E-state index >= 15 is 0 Å². The van der Waals surface area contributed by atoms with Gasteiger partial charge < -0.3 is 0 Å². The highest BCUT2D eigenvalue weighted by Gasteiger charge is 2.17. The van der Waals surface area contributed by atoms with Crippen molar-refractivity contribution in [2.75, 3.05) is 0 Å². The van der Waals surface area contributed by atoms with Crippen LogP contribution >= 0.6 is 0 Å². The summed E-state index contributed by atoms with van der Waals surface area (Å²) in [7, 11) is 0. The Morgan fingerprint density at radius 3 is 1.74 bits per heavy atom. The Labute approximate surface area is 115 Å². The molecule has 0 saturated carbocycles. The highest BCUT2D eigenvalue weighted by atomic mass is 14.2. The lowest BCUT2D eigenvalue weighted by atomic mass is 9.83. The first kappa shape index (κ1) is 12.0. The highest BCUT2D eigenvalue weighted by molar-refractivity contribution is 5.45. The van der Waals surface area contributed by atoms with Crippen LogP contribution in [0.1, 0.15) is 29.9 Å². The molecule has 0 atom stereocenters. The van der Waals surface area contributed by atoms with Crippen molar-refractivity contribution in [3.8, 4) is 0 Å². The minimum absolute atomic E-state index is 0.360. The van der Waals surface area contributed by atoms with Crippen molar-refractivity contribution in [2.45, 2.75) is 18.8 Å². The van der Waals surface area contributed by atoms with E-state index in [4.69, 9.17) is 0 Å². The van der Waals surface area contributed by atoms with Gasteiger partial charge in [-0.15, -0.1) is 0 Å². The van der Waals surface area contributed by atoms with Gasteiger partial charge in [-0.05, 0) is 29.5 Å². The molecule has 0 unspecified atom stereocenters. The van der Waals surface area contributed by atoms with Gasteiger partial charge in [-0.3, -0.25) is 0 Å². The summed E-state index contributed by atoms with van der Waals surface area (Å²) in [5.41, 5.74) is 4.15. The molecular weight excluding hydrogens is 228 g/mol. The van der Waals surface area contributed by atoms with Crippen molar-refractivity contribution in [3.05, 3.63) is 95.6 Å². The first-order valence-electron chi connectivity index (χ1n) is 6.91. The maximum Gasteiger partial charge on any atom is 0.0336 e. The molecule has 19 heavy (non-hydrogen) atoms. The molecule has 94 valence electrons. The summed E-state index contributed by atoms with van der Waals surface area (Å²) in [5.74, 6) is 0.360. The van der Waals surface area contributed by atoms with Crippen LogP contribution < -0.4 is 0 Å². The van der Waals surface area contributed by atoms with Crippen LogP contribution in [0.15, 0.2) is 84.5 Å². The van der Waals surface area contributed by atoms with Crippen molar-refractivity contribution in [1.82, 2.24) is 0 Å². The molecular formula is C19H18. The van der Waals surface area contributed by atoms with E-state index in [-0.39, 0.29) is 0 Å². The predicted molar refractivity (Wildman–Crippen MR) is 81.2 cm³/mol. The van der Waals surface area contributed by atoms with Gasteiger partial charge in [0, 0.05) is 5.92 Å². The second-order valence-corrected chi connectivity index (χ2v) is 4.94. The molecule has 0 amide bonds. The molecule has 0 spiro atoms. The van der Waals surface area contributed by atoms with E-state index in [1.807, 2.05) is 0 Å². The first-order valence-corrected chi connectivity index (χ1v) is 6.91. The van der Waals surface area contributed by atoms with Gasteiger partial charge in [0.2, 0.25) is 0 Å². The Balaban J connectivity index is 2.06. The van der Waals surface area contributed by atoms with Gasteiger partial charge >= 0.3 is 0 Å². The van der Waals surface area contributed by atoms with Gasteiger partial charge in [-0.2, -0.15) is 0 Å². The molecule has 2 aromatic rings. The van der Waals surface area contributed by atoms with Crippen molar-refractivity contribution in [1.29, 1.82) is 0 Å². The van der Waals surface area contributed by atoms with Crippen LogP contribution in [0.25, 0.3) is 0 Å². The molecule has 0 aromatic heterocycles. The largest absolute Gasteiger partial charge is 0.0839 e. The summed E-state index contributed by atoms with van der Waals surface area (Å²) >= 11 is 0. The first-order chi connectivity index (χ1) is 9.45. The Bertz CT molecular complexity index is 536. The molecule has 0 heteroatoms. The number of allylic oxidation sites excluding steroid dienone is 4. The quantitative estimate of drug-likeness (QED) is 0.707. The Morgan fingerprint density at radius 1 is 0.684 bits per heavy atom. The monoisotopic (exact) mass is 246 g/mol. The van der Waals surface area contributed by atoms with E-state index in [0.29, 0.717) is 5.92 Å². The zero-order chi connectivity index (χ0) is 12.9. The van der Waals surface area contributed by atoms with E-state index in [9.17, 15) is 0 Å². The molecule has 0 radical (unpaired) electrons. The molecule has 0 N–H and O–H groups in total. The van der Waals surface area contributed by atoms with Crippen LogP contribution in [0.4, 0.5) is 0 Å². The Morgan fingerprint density at radius 2 is 1.26 bits per heavy atom. The maximum absolute atomic E-state index is 2.38. The fraction of sp³-hybridized carbons (Fsp3) is 0.158. The van der Waals surface area contributed by atoms with Gasteiger partial charge in [-0.25, -0.2) is 0 Å². The van der Waals surface area contributed by atoms with Crippen LogP contribution in [0.2, 0.25) is 0 Å².